The van der Waals surface area contributed by atoms with Gasteiger partial charge in [0.2, 0.25) is 11.5 Å². The van der Waals surface area contributed by atoms with E-state index >= 15 is 0 Å². The second-order valence-corrected chi connectivity index (χ2v) is 2.32. The van der Waals surface area contributed by atoms with Gasteiger partial charge in [-0.15, -0.1) is 0 Å². The van der Waals surface area contributed by atoms with Crippen LogP contribution in [0.5, 0.6) is 0 Å². The van der Waals surface area contributed by atoms with E-state index in [1.54, 1.807) is 0 Å². The van der Waals surface area contributed by atoms with Crippen LogP contribution in [0.4, 0.5) is 10.1 Å². The lowest BCUT2D eigenvalue weighted by atomic mass is 10.4. The van der Waals surface area contributed by atoms with Crippen LogP contribution in [-0.2, 0) is 11.5 Å². The fourth-order valence-electron chi connectivity index (χ4n) is 0.516. The van der Waals surface area contributed by atoms with Gasteiger partial charge in [0.25, 0.3) is 0 Å². The Morgan fingerprint density at radius 2 is 2.23 bits per heavy atom. The number of aromatic nitrogens is 1. The molecule has 0 N–H and O–H groups in total. The van der Waals surface area contributed by atoms with Crippen LogP contribution in [0.1, 0.15) is 13.8 Å². The number of rotatable bonds is 1. The maximum atomic E-state index is 12.4. The number of pyridine rings is 1. The predicted molar refractivity (Wildman–Crippen MR) is 50.8 cm³/mol. The van der Waals surface area contributed by atoms with Gasteiger partial charge in [-0.1, -0.05) is 25.4 Å². The lowest BCUT2D eigenvalue weighted by Crippen LogP contribution is -1.78. The molecule has 0 unspecified atom stereocenters. The van der Waals surface area contributed by atoms with Crippen molar-refractivity contribution >= 4 is 28.8 Å². The summed E-state index contributed by atoms with van der Waals surface area (Å²) >= 11 is 5.41. The standard InChI is InChI=1S/C5H2ClFN2OS.C2H6/c6-5-4(9-11-10)1-3(7)2-8-5;1-2/h1-2H;1-2H3. The van der Waals surface area contributed by atoms with Crippen LogP contribution in [0.2, 0.25) is 5.15 Å². The Bertz CT molecular complexity index is 328. The average Bonchev–Trinajstić information content (AvgIpc) is 2.15. The second-order valence-electron chi connectivity index (χ2n) is 1.63. The Morgan fingerprint density at radius 3 is 2.77 bits per heavy atom. The van der Waals surface area contributed by atoms with Gasteiger partial charge in [0.15, 0.2) is 5.15 Å². The van der Waals surface area contributed by atoms with Crippen molar-refractivity contribution in [2.24, 2.45) is 4.36 Å². The molecule has 0 atom stereocenters. The highest BCUT2D eigenvalue weighted by Crippen LogP contribution is 2.21. The number of hydrogen-bond acceptors (Lipinski definition) is 3. The van der Waals surface area contributed by atoms with E-state index in [0.717, 1.165) is 12.3 Å². The van der Waals surface area contributed by atoms with Gasteiger partial charge in [-0.05, 0) is 0 Å². The van der Waals surface area contributed by atoms with Crippen molar-refractivity contribution in [3.05, 3.63) is 23.2 Å². The molecule has 0 aliphatic rings. The topological polar surface area (TPSA) is 42.3 Å². The molecule has 0 aliphatic carbocycles. The van der Waals surface area contributed by atoms with Crippen LogP contribution in [0.3, 0.4) is 0 Å². The Labute approximate surface area is 84.2 Å². The lowest BCUT2D eigenvalue weighted by Gasteiger charge is -1.92. The first-order valence-corrected chi connectivity index (χ1v) is 4.63. The molecular formula is C7H8ClFN2OS. The van der Waals surface area contributed by atoms with Crippen molar-refractivity contribution in [1.82, 2.24) is 4.98 Å². The molecule has 3 nitrogen and oxygen atoms in total. The zero-order valence-electron chi connectivity index (χ0n) is 7.12. The van der Waals surface area contributed by atoms with Crippen molar-refractivity contribution in [2.75, 3.05) is 0 Å². The summed E-state index contributed by atoms with van der Waals surface area (Å²) < 4.78 is 25.6. The maximum Gasteiger partial charge on any atom is 0.205 e. The maximum absolute atomic E-state index is 12.4. The summed E-state index contributed by atoms with van der Waals surface area (Å²) in [7, 11) is 0. The van der Waals surface area contributed by atoms with E-state index < -0.39 is 5.82 Å². The van der Waals surface area contributed by atoms with Crippen LogP contribution in [0.15, 0.2) is 16.6 Å². The van der Waals surface area contributed by atoms with Crippen molar-refractivity contribution in [3.8, 4) is 0 Å². The molecule has 1 heterocycles. The minimum Gasteiger partial charge on any atom is -0.239 e. The molecule has 0 amide bonds. The van der Waals surface area contributed by atoms with Gasteiger partial charge in [0.1, 0.15) is 11.5 Å². The normalized spacial score (nSPS) is 8.31. The summed E-state index contributed by atoms with van der Waals surface area (Å²) in [4.78, 5) is 3.44. The molecule has 0 saturated heterocycles. The van der Waals surface area contributed by atoms with Crippen molar-refractivity contribution in [1.29, 1.82) is 0 Å². The number of hydrogen-bond donors (Lipinski definition) is 0. The number of halogens is 2. The summed E-state index contributed by atoms with van der Waals surface area (Å²) in [5, 5.41) is 0.0229. The van der Waals surface area contributed by atoms with Gasteiger partial charge in [0, 0.05) is 6.07 Å². The minimum atomic E-state index is -0.567. The van der Waals surface area contributed by atoms with Crippen LogP contribution >= 0.6 is 11.6 Å². The first kappa shape index (κ1) is 12.2. The van der Waals surface area contributed by atoms with Gasteiger partial charge in [-0.2, -0.15) is 8.57 Å². The highest BCUT2D eigenvalue weighted by Gasteiger charge is 2.00. The summed E-state index contributed by atoms with van der Waals surface area (Å²) in [6.45, 7) is 4.00. The van der Waals surface area contributed by atoms with E-state index in [1.165, 1.54) is 0 Å². The molecule has 1 rings (SSSR count). The molecule has 1 aromatic heterocycles. The summed E-state index contributed by atoms with van der Waals surface area (Å²) in [5.74, 6) is -0.567. The monoisotopic (exact) mass is 222 g/mol. The van der Waals surface area contributed by atoms with Crippen LogP contribution in [0.25, 0.3) is 0 Å². The molecule has 0 radical (unpaired) electrons. The Morgan fingerprint density at radius 1 is 1.62 bits per heavy atom. The van der Waals surface area contributed by atoms with E-state index in [4.69, 9.17) is 11.6 Å². The third-order valence-electron chi connectivity index (χ3n) is 0.923. The van der Waals surface area contributed by atoms with Gasteiger partial charge in [-0.25, -0.2) is 9.37 Å². The van der Waals surface area contributed by atoms with Gasteiger partial charge in [-0.3, -0.25) is 0 Å². The lowest BCUT2D eigenvalue weighted by molar-refractivity contribution is 0.622. The third-order valence-corrected chi connectivity index (χ3v) is 1.49. The van der Waals surface area contributed by atoms with Gasteiger partial charge < -0.3 is 0 Å². The largest absolute Gasteiger partial charge is 0.239 e. The molecule has 1 aromatic rings. The summed E-state index contributed by atoms with van der Waals surface area (Å²) in [6.07, 6.45) is 0.955. The fraction of sp³-hybridized carbons (Fsp3) is 0.286. The van der Waals surface area contributed by atoms with Crippen LogP contribution < -0.4 is 0 Å². The smallest absolute Gasteiger partial charge is 0.205 e. The first-order chi connectivity index (χ1) is 6.24. The Hall–Kier alpha value is -0.810. The first-order valence-electron chi connectivity index (χ1n) is 3.55. The second kappa shape index (κ2) is 6.68. The van der Waals surface area contributed by atoms with Crippen molar-refractivity contribution < 1.29 is 8.60 Å². The quantitative estimate of drug-likeness (QED) is 0.686. The number of nitrogens with zero attached hydrogens (tertiary/aromatic N) is 2. The Kier molecular flexibility index (Phi) is 6.26. The zero-order valence-corrected chi connectivity index (χ0v) is 8.69. The molecule has 0 aliphatic heterocycles. The van der Waals surface area contributed by atoms with Gasteiger partial charge >= 0.3 is 0 Å². The summed E-state index contributed by atoms with van der Waals surface area (Å²) in [6, 6.07) is 1.04. The molecule has 0 saturated carbocycles. The molecule has 72 valence electrons. The van der Waals surface area contributed by atoms with E-state index in [0.29, 0.717) is 0 Å². The SMILES string of the molecule is CC.O=S=Nc1cc(F)cnc1Cl. The van der Waals surface area contributed by atoms with Gasteiger partial charge in [0.05, 0.1) is 6.20 Å². The molecule has 6 heteroatoms. The van der Waals surface area contributed by atoms with Crippen molar-refractivity contribution in [2.45, 2.75) is 13.8 Å². The molecule has 13 heavy (non-hydrogen) atoms. The highest BCUT2D eigenvalue weighted by atomic mass is 35.5. The third kappa shape index (κ3) is 4.10. The average molecular weight is 223 g/mol. The van der Waals surface area contributed by atoms with E-state index in [2.05, 4.69) is 9.35 Å². The molecule has 0 spiro atoms. The van der Waals surface area contributed by atoms with Crippen LogP contribution in [0, 0.1) is 5.82 Å². The highest BCUT2D eigenvalue weighted by molar-refractivity contribution is 7.54. The molecule has 0 bridgehead atoms. The van der Waals surface area contributed by atoms with Crippen molar-refractivity contribution in [3.63, 3.8) is 0 Å². The Balaban J connectivity index is 0.000000671. The van der Waals surface area contributed by atoms with E-state index in [-0.39, 0.29) is 22.3 Å². The van der Waals surface area contributed by atoms with Crippen LogP contribution in [-0.4, -0.2) is 9.19 Å². The molecule has 0 aromatic carbocycles. The zero-order chi connectivity index (χ0) is 10.3. The summed E-state index contributed by atoms with van der Waals surface area (Å²) in [5.41, 5.74) is 0.0617. The molecular weight excluding hydrogens is 215 g/mol. The minimum absolute atomic E-state index is 0.0229. The van der Waals surface area contributed by atoms with E-state index in [1.807, 2.05) is 13.8 Å². The van der Waals surface area contributed by atoms with E-state index in [9.17, 15) is 8.60 Å². The predicted octanol–water partition coefficient (Wildman–Crippen LogP) is 2.93. The molecule has 0 fully saturated rings. The fourth-order valence-corrected chi connectivity index (χ4v) is 0.931.